The number of anilines is 3. The minimum atomic E-state index is -0.841. The fraction of sp³-hybridized carbons (Fsp3) is 0.100. The number of aromatic nitrogens is 1. The van der Waals surface area contributed by atoms with E-state index in [-0.39, 0.29) is 5.69 Å². The first kappa shape index (κ1) is 17.5. The number of hydrogen-bond acceptors (Lipinski definition) is 3. The normalized spacial score (nSPS) is 10.5. The summed E-state index contributed by atoms with van der Waals surface area (Å²) >= 11 is 0. The number of benzene rings is 2. The molecule has 0 radical (unpaired) electrons. The molecule has 0 saturated carbocycles. The zero-order chi connectivity index (χ0) is 18.7. The summed E-state index contributed by atoms with van der Waals surface area (Å²) in [4.78, 5) is 16.2. The molecule has 26 heavy (non-hydrogen) atoms. The van der Waals surface area contributed by atoms with Crippen molar-refractivity contribution in [3.8, 4) is 0 Å². The van der Waals surface area contributed by atoms with Gasteiger partial charge in [-0.2, -0.15) is 0 Å². The predicted molar refractivity (Wildman–Crippen MR) is 97.7 cm³/mol. The third kappa shape index (κ3) is 3.85. The van der Waals surface area contributed by atoms with E-state index in [1.54, 1.807) is 6.07 Å². The van der Waals surface area contributed by atoms with Crippen LogP contribution >= 0.6 is 0 Å². The van der Waals surface area contributed by atoms with Crippen LogP contribution in [0, 0.1) is 25.5 Å². The van der Waals surface area contributed by atoms with Crippen LogP contribution < -0.4 is 10.6 Å². The van der Waals surface area contributed by atoms with Gasteiger partial charge in [0.1, 0.15) is 23.0 Å². The standard InChI is InChI=1S/C20H17F2N3O/c1-12-6-7-13(2)18(10-12)24-14-8-9-17(23-11-14)20(26)25-19-15(21)4-3-5-16(19)22/h3-11,24H,1-2H3,(H,25,26). The number of nitrogens with one attached hydrogen (secondary N) is 2. The molecule has 6 heteroatoms. The van der Waals surface area contributed by atoms with Crippen molar-refractivity contribution < 1.29 is 13.6 Å². The van der Waals surface area contributed by atoms with Crippen LogP contribution in [-0.4, -0.2) is 10.9 Å². The molecule has 0 unspecified atom stereocenters. The number of carbonyl (C=O) groups is 1. The molecule has 0 fully saturated rings. The first-order valence-corrected chi connectivity index (χ1v) is 8.00. The Hall–Kier alpha value is -3.28. The number of para-hydroxylation sites is 1. The van der Waals surface area contributed by atoms with Gasteiger partial charge in [-0.1, -0.05) is 18.2 Å². The summed E-state index contributed by atoms with van der Waals surface area (Å²) in [6.45, 7) is 3.98. The van der Waals surface area contributed by atoms with Crippen LogP contribution in [-0.2, 0) is 0 Å². The Bertz CT molecular complexity index is 936. The summed E-state index contributed by atoms with van der Waals surface area (Å²) in [7, 11) is 0. The molecule has 0 atom stereocenters. The van der Waals surface area contributed by atoms with Crippen molar-refractivity contribution in [3.63, 3.8) is 0 Å². The van der Waals surface area contributed by atoms with Crippen LogP contribution in [0.3, 0.4) is 0 Å². The highest BCUT2D eigenvalue weighted by Gasteiger charge is 2.14. The molecule has 2 aromatic carbocycles. The molecule has 1 aromatic heterocycles. The molecule has 3 rings (SSSR count). The van der Waals surface area contributed by atoms with Gasteiger partial charge in [0.2, 0.25) is 0 Å². The van der Waals surface area contributed by atoms with E-state index in [0.717, 1.165) is 28.9 Å². The van der Waals surface area contributed by atoms with Crippen LogP contribution in [0.4, 0.5) is 25.8 Å². The molecule has 1 amide bonds. The van der Waals surface area contributed by atoms with Crippen LogP contribution in [0.15, 0.2) is 54.7 Å². The molecule has 0 aliphatic heterocycles. The summed E-state index contributed by atoms with van der Waals surface area (Å²) < 4.78 is 27.2. The maximum atomic E-state index is 13.6. The molecule has 132 valence electrons. The van der Waals surface area contributed by atoms with Gasteiger partial charge in [0.05, 0.1) is 11.9 Å². The van der Waals surface area contributed by atoms with Gasteiger partial charge < -0.3 is 10.6 Å². The van der Waals surface area contributed by atoms with E-state index in [4.69, 9.17) is 0 Å². The van der Waals surface area contributed by atoms with E-state index in [1.165, 1.54) is 18.3 Å². The second-order valence-corrected chi connectivity index (χ2v) is 5.93. The average molecular weight is 353 g/mol. The molecule has 0 aliphatic carbocycles. The Balaban J connectivity index is 1.75. The van der Waals surface area contributed by atoms with Gasteiger partial charge in [-0.25, -0.2) is 13.8 Å². The van der Waals surface area contributed by atoms with E-state index >= 15 is 0 Å². The Labute approximate surface area is 149 Å². The van der Waals surface area contributed by atoms with E-state index in [0.29, 0.717) is 5.69 Å². The molecular weight excluding hydrogens is 336 g/mol. The summed E-state index contributed by atoms with van der Waals surface area (Å²) in [6, 6.07) is 12.6. The summed E-state index contributed by atoms with van der Waals surface area (Å²) in [5.74, 6) is -2.37. The lowest BCUT2D eigenvalue weighted by Crippen LogP contribution is -2.15. The Morgan fingerprint density at radius 2 is 1.73 bits per heavy atom. The Kier molecular flexibility index (Phi) is 4.93. The lowest BCUT2D eigenvalue weighted by molar-refractivity contribution is 0.102. The molecule has 0 spiro atoms. The number of hydrogen-bond donors (Lipinski definition) is 2. The summed E-state index contributed by atoms with van der Waals surface area (Å²) in [5.41, 5.74) is 3.40. The van der Waals surface area contributed by atoms with Gasteiger partial charge in [-0.15, -0.1) is 0 Å². The van der Waals surface area contributed by atoms with Crippen molar-refractivity contribution in [3.05, 3.63) is 83.2 Å². The number of nitrogens with zero attached hydrogens (tertiary/aromatic N) is 1. The van der Waals surface area contributed by atoms with E-state index in [9.17, 15) is 13.6 Å². The van der Waals surface area contributed by atoms with Gasteiger partial charge in [0.15, 0.2) is 0 Å². The molecule has 1 heterocycles. The first-order chi connectivity index (χ1) is 12.4. The molecule has 4 nitrogen and oxygen atoms in total. The van der Waals surface area contributed by atoms with Crippen molar-refractivity contribution >= 4 is 23.0 Å². The molecule has 2 N–H and O–H groups in total. The highest BCUT2D eigenvalue weighted by Crippen LogP contribution is 2.22. The number of halogens is 2. The van der Waals surface area contributed by atoms with Crippen molar-refractivity contribution in [2.45, 2.75) is 13.8 Å². The molecule has 0 bridgehead atoms. The second-order valence-electron chi connectivity index (χ2n) is 5.93. The predicted octanol–water partition coefficient (Wildman–Crippen LogP) is 4.97. The Morgan fingerprint density at radius 1 is 1.00 bits per heavy atom. The maximum Gasteiger partial charge on any atom is 0.274 e. The van der Waals surface area contributed by atoms with Crippen LogP contribution in [0.25, 0.3) is 0 Å². The van der Waals surface area contributed by atoms with Crippen LogP contribution in [0.1, 0.15) is 21.6 Å². The van der Waals surface area contributed by atoms with Crippen molar-refractivity contribution in [1.29, 1.82) is 0 Å². The smallest absolute Gasteiger partial charge is 0.274 e. The molecule has 0 saturated heterocycles. The number of aryl methyl sites for hydroxylation is 2. The summed E-state index contributed by atoms with van der Waals surface area (Å²) in [5, 5.41) is 5.44. The van der Waals surface area contributed by atoms with E-state index in [2.05, 4.69) is 15.6 Å². The van der Waals surface area contributed by atoms with Crippen molar-refractivity contribution in [2.75, 3.05) is 10.6 Å². The minimum absolute atomic E-state index is 0.0548. The topological polar surface area (TPSA) is 54.0 Å². The zero-order valence-electron chi connectivity index (χ0n) is 14.3. The Morgan fingerprint density at radius 3 is 2.38 bits per heavy atom. The summed E-state index contributed by atoms with van der Waals surface area (Å²) in [6.07, 6.45) is 1.49. The second kappa shape index (κ2) is 7.31. The highest BCUT2D eigenvalue weighted by molar-refractivity contribution is 6.03. The van der Waals surface area contributed by atoms with Gasteiger partial charge in [-0.05, 0) is 55.3 Å². The van der Waals surface area contributed by atoms with Crippen LogP contribution in [0.2, 0.25) is 0 Å². The fourth-order valence-electron chi connectivity index (χ4n) is 2.42. The lowest BCUT2D eigenvalue weighted by atomic mass is 10.1. The van der Waals surface area contributed by atoms with Crippen molar-refractivity contribution in [2.24, 2.45) is 0 Å². The molecular formula is C20H17F2N3O. The van der Waals surface area contributed by atoms with Gasteiger partial charge >= 0.3 is 0 Å². The van der Waals surface area contributed by atoms with Gasteiger partial charge in [0, 0.05) is 5.69 Å². The largest absolute Gasteiger partial charge is 0.354 e. The minimum Gasteiger partial charge on any atom is -0.354 e. The highest BCUT2D eigenvalue weighted by atomic mass is 19.1. The quantitative estimate of drug-likeness (QED) is 0.696. The zero-order valence-corrected chi connectivity index (χ0v) is 14.3. The average Bonchev–Trinajstić information content (AvgIpc) is 2.62. The van der Waals surface area contributed by atoms with Crippen molar-refractivity contribution in [1.82, 2.24) is 4.98 Å². The van der Waals surface area contributed by atoms with Gasteiger partial charge in [0.25, 0.3) is 5.91 Å². The number of pyridine rings is 1. The first-order valence-electron chi connectivity index (χ1n) is 8.00. The third-order valence-electron chi connectivity index (χ3n) is 3.87. The number of amides is 1. The maximum absolute atomic E-state index is 13.6. The van der Waals surface area contributed by atoms with Gasteiger partial charge in [-0.3, -0.25) is 4.79 Å². The lowest BCUT2D eigenvalue weighted by Gasteiger charge is -2.11. The van der Waals surface area contributed by atoms with E-state index in [1.807, 2.05) is 32.0 Å². The fourth-order valence-corrected chi connectivity index (χ4v) is 2.42. The number of rotatable bonds is 4. The monoisotopic (exact) mass is 353 g/mol. The molecule has 3 aromatic rings. The molecule has 0 aliphatic rings. The SMILES string of the molecule is Cc1ccc(C)c(Nc2ccc(C(=O)Nc3c(F)cccc3F)nc2)c1. The van der Waals surface area contributed by atoms with E-state index < -0.39 is 23.2 Å². The third-order valence-corrected chi connectivity index (χ3v) is 3.87. The van der Waals surface area contributed by atoms with Crippen LogP contribution in [0.5, 0.6) is 0 Å². The number of carbonyl (C=O) groups excluding carboxylic acids is 1.